The Hall–Kier alpha value is -1.26. The Balaban J connectivity index is 2.75. The molecule has 1 rings (SSSR count). The highest BCUT2D eigenvalue weighted by Gasteiger charge is 2.45. The van der Waals surface area contributed by atoms with Crippen molar-refractivity contribution in [2.24, 2.45) is 5.41 Å². The molecule has 0 radical (unpaired) electrons. The van der Waals surface area contributed by atoms with Crippen LogP contribution in [-0.4, -0.2) is 42.3 Å². The molecule has 1 amide bonds. The Kier molecular flexibility index (Phi) is 3.78. The highest BCUT2D eigenvalue weighted by atomic mass is 16.6. The third-order valence-corrected chi connectivity index (χ3v) is 3.22. The summed E-state index contributed by atoms with van der Waals surface area (Å²) in [7, 11) is 3.17. The number of hydrogen-bond donors (Lipinski definition) is 1. The molecule has 1 N–H and O–H groups in total. The fourth-order valence-corrected chi connectivity index (χ4v) is 1.96. The quantitative estimate of drug-likeness (QED) is 0.782. The summed E-state index contributed by atoms with van der Waals surface area (Å²) in [6.45, 7) is 1.65. The molecular weight excluding hydrogens is 210 g/mol. The lowest BCUT2D eigenvalue weighted by atomic mass is 9.73. The molecule has 1 fully saturated rings. The van der Waals surface area contributed by atoms with E-state index < -0.39 is 23.6 Å². The van der Waals surface area contributed by atoms with Crippen LogP contribution in [0.3, 0.4) is 0 Å². The summed E-state index contributed by atoms with van der Waals surface area (Å²) in [6, 6.07) is 0. The van der Waals surface area contributed by atoms with Gasteiger partial charge in [0.2, 0.25) is 0 Å². The predicted molar refractivity (Wildman–Crippen MR) is 58.2 cm³/mol. The Morgan fingerprint density at radius 1 is 1.38 bits per heavy atom. The van der Waals surface area contributed by atoms with Gasteiger partial charge in [-0.1, -0.05) is 6.42 Å². The molecule has 0 aromatic heterocycles. The van der Waals surface area contributed by atoms with Gasteiger partial charge in [0.05, 0.1) is 0 Å². The molecular formula is C11H19NO4. The molecule has 5 nitrogen and oxygen atoms in total. The largest absolute Gasteiger partial charge is 0.481 e. The first-order chi connectivity index (χ1) is 7.38. The Labute approximate surface area is 95.4 Å². The van der Waals surface area contributed by atoms with Crippen molar-refractivity contribution in [2.75, 3.05) is 14.1 Å². The second kappa shape index (κ2) is 4.72. The molecule has 0 saturated heterocycles. The molecule has 0 bridgehead atoms. The summed E-state index contributed by atoms with van der Waals surface area (Å²) < 4.78 is 5.24. The summed E-state index contributed by atoms with van der Waals surface area (Å²) in [5.74, 6) is -0.885. The summed E-state index contributed by atoms with van der Waals surface area (Å²) in [4.78, 5) is 24.0. The van der Waals surface area contributed by atoms with E-state index in [1.165, 1.54) is 4.90 Å². The zero-order chi connectivity index (χ0) is 12.3. The first-order valence-electron chi connectivity index (χ1n) is 5.49. The Bertz CT molecular complexity index is 290. The lowest BCUT2D eigenvalue weighted by Crippen LogP contribution is -2.46. The summed E-state index contributed by atoms with van der Waals surface area (Å²) in [5.41, 5.74) is -0.941. The maximum atomic E-state index is 11.4. The van der Waals surface area contributed by atoms with Crippen LogP contribution in [0.1, 0.15) is 32.6 Å². The van der Waals surface area contributed by atoms with Gasteiger partial charge in [-0.05, 0) is 26.2 Å². The van der Waals surface area contributed by atoms with Crippen molar-refractivity contribution in [1.82, 2.24) is 4.90 Å². The van der Waals surface area contributed by atoms with E-state index in [0.717, 1.165) is 12.8 Å². The van der Waals surface area contributed by atoms with Gasteiger partial charge >= 0.3 is 12.1 Å². The lowest BCUT2D eigenvalue weighted by molar-refractivity contribution is -0.158. The molecule has 16 heavy (non-hydrogen) atoms. The molecule has 1 aliphatic rings. The maximum Gasteiger partial charge on any atom is 0.409 e. The fourth-order valence-electron chi connectivity index (χ4n) is 1.96. The third kappa shape index (κ3) is 2.46. The van der Waals surface area contributed by atoms with E-state index in [0.29, 0.717) is 12.8 Å². The summed E-state index contributed by atoms with van der Waals surface area (Å²) >= 11 is 0. The number of aliphatic carboxylic acids is 1. The van der Waals surface area contributed by atoms with Crippen LogP contribution in [0.2, 0.25) is 0 Å². The van der Waals surface area contributed by atoms with Crippen LogP contribution >= 0.6 is 0 Å². The first-order valence-corrected chi connectivity index (χ1v) is 5.49. The van der Waals surface area contributed by atoms with Crippen molar-refractivity contribution in [2.45, 2.75) is 38.7 Å². The van der Waals surface area contributed by atoms with E-state index in [2.05, 4.69) is 0 Å². The summed E-state index contributed by atoms with van der Waals surface area (Å²) in [5, 5.41) is 9.21. The minimum absolute atomic E-state index is 0.473. The third-order valence-electron chi connectivity index (χ3n) is 3.22. The van der Waals surface area contributed by atoms with Gasteiger partial charge in [-0.25, -0.2) is 4.79 Å². The number of carboxylic acid groups (broad SMARTS) is 1. The zero-order valence-corrected chi connectivity index (χ0v) is 10.0. The van der Waals surface area contributed by atoms with Crippen LogP contribution in [-0.2, 0) is 9.53 Å². The molecule has 1 saturated carbocycles. The minimum Gasteiger partial charge on any atom is -0.481 e. The van der Waals surface area contributed by atoms with Crippen LogP contribution in [0, 0.1) is 5.41 Å². The molecule has 5 heteroatoms. The van der Waals surface area contributed by atoms with E-state index in [9.17, 15) is 14.7 Å². The number of carbonyl (C=O) groups excluding carboxylic acids is 1. The van der Waals surface area contributed by atoms with Gasteiger partial charge < -0.3 is 14.7 Å². The molecule has 92 valence electrons. The second-order valence-corrected chi connectivity index (χ2v) is 4.74. The highest BCUT2D eigenvalue weighted by Crippen LogP contribution is 2.38. The van der Waals surface area contributed by atoms with E-state index >= 15 is 0 Å². The normalized spacial score (nSPS) is 29.6. The van der Waals surface area contributed by atoms with E-state index in [1.54, 1.807) is 21.0 Å². The van der Waals surface area contributed by atoms with Crippen molar-refractivity contribution < 1.29 is 19.4 Å². The Morgan fingerprint density at radius 3 is 2.50 bits per heavy atom. The number of nitrogens with zero attached hydrogens (tertiary/aromatic N) is 1. The van der Waals surface area contributed by atoms with Crippen LogP contribution in [0.25, 0.3) is 0 Å². The smallest absolute Gasteiger partial charge is 0.409 e. The van der Waals surface area contributed by atoms with E-state index in [4.69, 9.17) is 4.74 Å². The maximum absolute atomic E-state index is 11.4. The number of carbonyl (C=O) groups is 2. The molecule has 0 aliphatic heterocycles. The highest BCUT2D eigenvalue weighted by molar-refractivity contribution is 5.76. The van der Waals surface area contributed by atoms with Crippen molar-refractivity contribution in [1.29, 1.82) is 0 Å². The molecule has 2 unspecified atom stereocenters. The second-order valence-electron chi connectivity index (χ2n) is 4.74. The topological polar surface area (TPSA) is 66.8 Å². The van der Waals surface area contributed by atoms with Crippen LogP contribution in [0.4, 0.5) is 4.79 Å². The van der Waals surface area contributed by atoms with E-state index in [1.807, 2.05) is 0 Å². The number of amides is 1. The van der Waals surface area contributed by atoms with Crippen LogP contribution < -0.4 is 0 Å². The van der Waals surface area contributed by atoms with Gasteiger partial charge in [0, 0.05) is 14.1 Å². The number of carboxylic acids is 1. The molecule has 1 aliphatic carbocycles. The van der Waals surface area contributed by atoms with Crippen LogP contribution in [0.15, 0.2) is 0 Å². The van der Waals surface area contributed by atoms with Gasteiger partial charge in [-0.3, -0.25) is 4.79 Å². The molecule has 0 spiro atoms. The number of rotatable bonds is 2. The standard InChI is InChI=1S/C11H19NO4/c1-11(9(13)14)7-5-4-6-8(11)16-10(15)12(2)3/h8H,4-7H2,1-3H3,(H,13,14). The first kappa shape index (κ1) is 12.8. The van der Waals surface area contributed by atoms with Crippen molar-refractivity contribution in [3.05, 3.63) is 0 Å². The van der Waals surface area contributed by atoms with Crippen molar-refractivity contribution in [3.63, 3.8) is 0 Å². The van der Waals surface area contributed by atoms with Gasteiger partial charge in [-0.15, -0.1) is 0 Å². The average Bonchev–Trinajstić information content (AvgIpc) is 2.21. The number of hydrogen-bond acceptors (Lipinski definition) is 3. The monoisotopic (exact) mass is 229 g/mol. The van der Waals surface area contributed by atoms with E-state index in [-0.39, 0.29) is 0 Å². The van der Waals surface area contributed by atoms with Gasteiger partial charge in [0.25, 0.3) is 0 Å². The molecule has 0 heterocycles. The zero-order valence-electron chi connectivity index (χ0n) is 10.0. The van der Waals surface area contributed by atoms with Gasteiger partial charge in [0.1, 0.15) is 11.5 Å². The van der Waals surface area contributed by atoms with Crippen molar-refractivity contribution >= 4 is 12.1 Å². The predicted octanol–water partition coefficient (Wildman–Crippen LogP) is 1.72. The SMILES string of the molecule is CN(C)C(=O)OC1CCCCC1(C)C(=O)O. The van der Waals surface area contributed by atoms with Crippen molar-refractivity contribution in [3.8, 4) is 0 Å². The lowest BCUT2D eigenvalue weighted by Gasteiger charge is -2.37. The molecule has 0 aromatic rings. The van der Waals surface area contributed by atoms with Gasteiger partial charge in [-0.2, -0.15) is 0 Å². The summed E-state index contributed by atoms with van der Waals surface area (Å²) in [6.07, 6.45) is 1.98. The number of ether oxygens (including phenoxy) is 1. The Morgan fingerprint density at radius 2 is 2.00 bits per heavy atom. The van der Waals surface area contributed by atoms with Gasteiger partial charge in [0.15, 0.2) is 0 Å². The van der Waals surface area contributed by atoms with Crippen LogP contribution in [0.5, 0.6) is 0 Å². The fraction of sp³-hybridized carbons (Fsp3) is 0.818. The minimum atomic E-state index is -0.941. The average molecular weight is 229 g/mol. The molecule has 0 aromatic carbocycles. The molecule has 2 atom stereocenters.